The number of aromatic nitrogens is 1. The summed E-state index contributed by atoms with van der Waals surface area (Å²) in [6.45, 7) is 3.96. The molecule has 0 fully saturated rings. The summed E-state index contributed by atoms with van der Waals surface area (Å²) in [6, 6.07) is 8.45. The Morgan fingerprint density at radius 1 is 1.45 bits per heavy atom. The topological polar surface area (TPSA) is 74.3 Å². The second kappa shape index (κ2) is 5.76. The Labute approximate surface area is 132 Å². The van der Waals surface area contributed by atoms with E-state index < -0.39 is 6.04 Å². The van der Waals surface area contributed by atoms with Crippen molar-refractivity contribution in [3.8, 4) is 0 Å². The first-order valence-corrected chi connectivity index (χ1v) is 7.71. The second-order valence-corrected chi connectivity index (χ2v) is 6.02. The number of nitrogens with one attached hydrogen (secondary N) is 2. The van der Waals surface area contributed by atoms with Crippen LogP contribution in [0.2, 0.25) is 0 Å². The summed E-state index contributed by atoms with van der Waals surface area (Å²) in [5.74, 6) is -0.194. The summed E-state index contributed by atoms with van der Waals surface area (Å²) in [6.07, 6.45) is 0. The second-order valence-electron chi connectivity index (χ2n) is 5.21. The van der Waals surface area contributed by atoms with Gasteiger partial charge in [0.2, 0.25) is 5.91 Å². The summed E-state index contributed by atoms with van der Waals surface area (Å²) in [7, 11) is 0. The van der Waals surface area contributed by atoms with E-state index in [1.807, 2.05) is 31.2 Å². The quantitative estimate of drug-likeness (QED) is 0.849. The van der Waals surface area contributed by atoms with E-state index in [0.29, 0.717) is 11.5 Å². The van der Waals surface area contributed by atoms with Gasteiger partial charge in [-0.3, -0.25) is 10.1 Å². The van der Waals surface area contributed by atoms with Gasteiger partial charge in [-0.05, 0) is 43.1 Å². The number of nitrogens with zero attached hydrogens (tertiary/aromatic N) is 2. The standard InChI is InChI=1S/C15H16N4O2S/c1-9-7-13(22-18-9)17-15(21)19-8-11-5-3-4-6-12(11)16-14(20)10(19)2/h3-7,10H,8H2,1-2H3,(H,16,20)(H,17,21). The Balaban J connectivity index is 1.85. The van der Waals surface area contributed by atoms with Crippen LogP contribution in [0.3, 0.4) is 0 Å². The number of para-hydroxylation sites is 1. The van der Waals surface area contributed by atoms with Crippen molar-refractivity contribution in [2.45, 2.75) is 26.4 Å². The first kappa shape index (κ1) is 14.5. The number of hydrogen-bond donors (Lipinski definition) is 2. The third kappa shape index (κ3) is 2.80. The molecular formula is C15H16N4O2S. The maximum Gasteiger partial charge on any atom is 0.323 e. The Hall–Kier alpha value is -2.41. The van der Waals surface area contributed by atoms with Gasteiger partial charge in [0, 0.05) is 5.69 Å². The minimum absolute atomic E-state index is 0.194. The zero-order valence-corrected chi connectivity index (χ0v) is 13.1. The number of hydrogen-bond acceptors (Lipinski definition) is 4. The molecule has 2 heterocycles. The molecule has 22 heavy (non-hydrogen) atoms. The minimum Gasteiger partial charge on any atom is -0.324 e. The van der Waals surface area contributed by atoms with Gasteiger partial charge in [-0.25, -0.2) is 4.79 Å². The highest BCUT2D eigenvalue weighted by Crippen LogP contribution is 2.24. The predicted octanol–water partition coefficient (Wildman–Crippen LogP) is 2.83. The lowest BCUT2D eigenvalue weighted by Gasteiger charge is -2.25. The van der Waals surface area contributed by atoms with Gasteiger partial charge in [0.15, 0.2) is 0 Å². The molecule has 0 spiro atoms. The van der Waals surface area contributed by atoms with Crippen LogP contribution in [0, 0.1) is 6.92 Å². The van der Waals surface area contributed by atoms with E-state index in [-0.39, 0.29) is 11.9 Å². The molecule has 6 nitrogen and oxygen atoms in total. The number of benzene rings is 1. The van der Waals surface area contributed by atoms with Crippen molar-refractivity contribution in [3.63, 3.8) is 0 Å². The molecule has 3 rings (SSSR count). The van der Waals surface area contributed by atoms with E-state index in [1.165, 1.54) is 16.4 Å². The van der Waals surface area contributed by atoms with Gasteiger partial charge in [0.25, 0.3) is 0 Å². The molecule has 1 aromatic carbocycles. The van der Waals surface area contributed by atoms with Crippen LogP contribution in [0.25, 0.3) is 0 Å². The molecule has 114 valence electrons. The van der Waals surface area contributed by atoms with Crippen LogP contribution in [0.4, 0.5) is 15.5 Å². The van der Waals surface area contributed by atoms with Crippen LogP contribution in [-0.2, 0) is 11.3 Å². The molecule has 1 unspecified atom stereocenters. The lowest BCUT2D eigenvalue weighted by Crippen LogP contribution is -2.45. The van der Waals surface area contributed by atoms with Crippen LogP contribution >= 0.6 is 11.5 Å². The molecule has 1 aliphatic rings. The van der Waals surface area contributed by atoms with Crippen molar-refractivity contribution >= 4 is 34.2 Å². The number of rotatable bonds is 1. The maximum absolute atomic E-state index is 12.5. The lowest BCUT2D eigenvalue weighted by molar-refractivity contribution is -0.119. The molecule has 3 amide bonds. The van der Waals surface area contributed by atoms with Gasteiger partial charge in [-0.1, -0.05) is 18.2 Å². The summed E-state index contributed by atoms with van der Waals surface area (Å²) in [5.41, 5.74) is 2.52. The molecule has 1 aromatic heterocycles. The summed E-state index contributed by atoms with van der Waals surface area (Å²) in [5, 5.41) is 6.33. The number of carbonyl (C=O) groups is 2. The molecule has 1 aliphatic heterocycles. The zero-order chi connectivity index (χ0) is 15.7. The van der Waals surface area contributed by atoms with Gasteiger partial charge < -0.3 is 10.2 Å². The van der Waals surface area contributed by atoms with Crippen LogP contribution < -0.4 is 10.6 Å². The van der Waals surface area contributed by atoms with Crippen LogP contribution in [0.1, 0.15) is 18.2 Å². The third-order valence-corrected chi connectivity index (χ3v) is 4.38. The Morgan fingerprint density at radius 2 is 2.23 bits per heavy atom. The highest BCUT2D eigenvalue weighted by Gasteiger charge is 2.30. The van der Waals surface area contributed by atoms with Crippen molar-refractivity contribution in [2.24, 2.45) is 0 Å². The zero-order valence-electron chi connectivity index (χ0n) is 12.3. The first-order valence-electron chi connectivity index (χ1n) is 6.94. The van der Waals surface area contributed by atoms with E-state index in [4.69, 9.17) is 0 Å². The molecule has 0 bridgehead atoms. The summed E-state index contributed by atoms with van der Waals surface area (Å²) in [4.78, 5) is 26.2. The van der Waals surface area contributed by atoms with Crippen molar-refractivity contribution in [3.05, 3.63) is 41.6 Å². The van der Waals surface area contributed by atoms with E-state index in [1.54, 1.807) is 13.0 Å². The average molecular weight is 316 g/mol. The molecule has 0 saturated heterocycles. The fourth-order valence-electron chi connectivity index (χ4n) is 2.33. The fourth-order valence-corrected chi connectivity index (χ4v) is 2.98. The Kier molecular flexibility index (Phi) is 3.81. The van der Waals surface area contributed by atoms with Crippen LogP contribution in [0.5, 0.6) is 0 Å². The number of fused-ring (bicyclic) bond motifs is 1. The molecule has 7 heteroatoms. The average Bonchev–Trinajstić information content (AvgIpc) is 2.84. The highest BCUT2D eigenvalue weighted by molar-refractivity contribution is 7.10. The van der Waals surface area contributed by atoms with Crippen molar-refractivity contribution in [1.29, 1.82) is 0 Å². The molecule has 0 radical (unpaired) electrons. The molecule has 0 aliphatic carbocycles. The molecular weight excluding hydrogens is 300 g/mol. The van der Waals surface area contributed by atoms with Gasteiger partial charge >= 0.3 is 6.03 Å². The van der Waals surface area contributed by atoms with Crippen LogP contribution in [-0.4, -0.2) is 27.3 Å². The molecule has 0 saturated carbocycles. The number of anilines is 2. The summed E-state index contributed by atoms with van der Waals surface area (Å²) >= 11 is 1.23. The molecule has 1 atom stereocenters. The fraction of sp³-hybridized carbons (Fsp3) is 0.267. The van der Waals surface area contributed by atoms with E-state index in [0.717, 1.165) is 16.9 Å². The predicted molar refractivity (Wildman–Crippen MR) is 85.9 cm³/mol. The monoisotopic (exact) mass is 316 g/mol. The van der Waals surface area contributed by atoms with Gasteiger partial charge in [-0.2, -0.15) is 4.37 Å². The Bertz CT molecular complexity index is 728. The number of aryl methyl sites for hydroxylation is 1. The molecule has 2 aromatic rings. The lowest BCUT2D eigenvalue weighted by atomic mass is 10.2. The Morgan fingerprint density at radius 3 is 2.95 bits per heavy atom. The third-order valence-electron chi connectivity index (χ3n) is 3.58. The molecule has 2 N–H and O–H groups in total. The van der Waals surface area contributed by atoms with E-state index >= 15 is 0 Å². The smallest absolute Gasteiger partial charge is 0.323 e. The number of urea groups is 1. The first-order chi connectivity index (χ1) is 10.5. The van der Waals surface area contributed by atoms with Crippen molar-refractivity contribution in [1.82, 2.24) is 9.27 Å². The number of amides is 3. The largest absolute Gasteiger partial charge is 0.324 e. The summed E-state index contributed by atoms with van der Waals surface area (Å²) < 4.78 is 4.13. The SMILES string of the molecule is Cc1cc(NC(=O)N2Cc3ccccc3NC(=O)C2C)sn1. The van der Waals surface area contributed by atoms with Crippen molar-refractivity contribution in [2.75, 3.05) is 10.6 Å². The van der Waals surface area contributed by atoms with Crippen LogP contribution in [0.15, 0.2) is 30.3 Å². The van der Waals surface area contributed by atoms with Gasteiger partial charge in [0.05, 0.1) is 12.2 Å². The van der Waals surface area contributed by atoms with E-state index in [9.17, 15) is 9.59 Å². The normalized spacial score (nSPS) is 17.5. The number of carbonyl (C=O) groups excluding carboxylic acids is 2. The van der Waals surface area contributed by atoms with Gasteiger partial charge in [-0.15, -0.1) is 0 Å². The van der Waals surface area contributed by atoms with Crippen molar-refractivity contribution < 1.29 is 9.59 Å². The maximum atomic E-state index is 12.5. The minimum atomic E-state index is -0.554. The van der Waals surface area contributed by atoms with Gasteiger partial charge in [0.1, 0.15) is 11.0 Å². The highest BCUT2D eigenvalue weighted by atomic mass is 32.1. The van der Waals surface area contributed by atoms with E-state index in [2.05, 4.69) is 15.0 Å².